The van der Waals surface area contributed by atoms with Crippen molar-refractivity contribution in [2.24, 2.45) is 10.9 Å². The minimum atomic E-state index is -1.04. The van der Waals surface area contributed by atoms with Crippen molar-refractivity contribution < 1.29 is 33.7 Å². The standard InChI is InChI=1S/C27H31N5O7/c1-17-22(26(34)38-13-11-29-25(33)20-8-6-10-28-16-20)24(19-7-5-9-21(15-19)32(36)37)23(18(2)30-17)27(35)39-14-12-31(3)4/h5-10,15-16,22,24H,11-14H2,1-4H3,(H,29,33)/p+1/t22?,24-/m0/s1. The Hall–Kier alpha value is -4.45. The van der Waals surface area contributed by atoms with Crippen molar-refractivity contribution in [3.63, 3.8) is 0 Å². The Labute approximate surface area is 225 Å². The molecule has 0 aliphatic carbocycles. The third kappa shape index (κ3) is 7.54. The first-order chi connectivity index (χ1) is 18.6. The summed E-state index contributed by atoms with van der Waals surface area (Å²) < 4.78 is 11.0. The van der Waals surface area contributed by atoms with Crippen LogP contribution in [-0.2, 0) is 19.1 Å². The second kappa shape index (κ2) is 13.4. The van der Waals surface area contributed by atoms with Crippen molar-refractivity contribution in [1.82, 2.24) is 10.3 Å². The van der Waals surface area contributed by atoms with E-state index in [1.807, 2.05) is 14.1 Å². The minimum absolute atomic E-state index is 0.0422. The maximum atomic E-state index is 13.4. The van der Waals surface area contributed by atoms with E-state index in [0.717, 1.165) is 4.90 Å². The van der Waals surface area contributed by atoms with Crippen molar-refractivity contribution in [3.8, 4) is 0 Å². The summed E-state index contributed by atoms with van der Waals surface area (Å²) in [5, 5.41) is 14.1. The Morgan fingerprint density at radius 3 is 2.54 bits per heavy atom. The van der Waals surface area contributed by atoms with Gasteiger partial charge in [0.15, 0.2) is 0 Å². The summed E-state index contributed by atoms with van der Waals surface area (Å²) in [6.45, 7) is 3.90. The zero-order valence-electron chi connectivity index (χ0n) is 22.3. The largest absolute Gasteiger partial charge is 0.463 e. The Morgan fingerprint density at radius 1 is 1.10 bits per heavy atom. The lowest BCUT2D eigenvalue weighted by atomic mass is 9.75. The molecule has 0 spiro atoms. The zero-order valence-corrected chi connectivity index (χ0v) is 22.3. The van der Waals surface area contributed by atoms with Gasteiger partial charge in [-0.05, 0) is 31.5 Å². The maximum absolute atomic E-state index is 13.4. The molecule has 1 aromatic heterocycles. The van der Waals surface area contributed by atoms with Crippen LogP contribution in [0.25, 0.3) is 0 Å². The number of nitro groups is 1. The molecule has 206 valence electrons. The molecule has 2 N–H and O–H groups in total. The van der Waals surface area contributed by atoms with Crippen molar-refractivity contribution in [3.05, 3.63) is 81.3 Å². The van der Waals surface area contributed by atoms with E-state index < -0.39 is 28.7 Å². The van der Waals surface area contributed by atoms with Crippen LogP contribution >= 0.6 is 0 Å². The number of ether oxygens (including phenoxy) is 2. The number of nitro benzene ring substituents is 1. The summed E-state index contributed by atoms with van der Waals surface area (Å²) in [5.74, 6) is -3.65. The van der Waals surface area contributed by atoms with E-state index >= 15 is 0 Å². The Bertz CT molecular complexity index is 1290. The predicted molar refractivity (Wildman–Crippen MR) is 141 cm³/mol. The molecule has 12 nitrogen and oxygen atoms in total. The van der Waals surface area contributed by atoms with Gasteiger partial charge in [-0.2, -0.15) is 0 Å². The molecule has 1 aromatic carbocycles. The normalized spacial score (nSPS) is 16.9. The lowest BCUT2D eigenvalue weighted by molar-refractivity contribution is -0.858. The van der Waals surface area contributed by atoms with Gasteiger partial charge >= 0.3 is 11.9 Å². The summed E-state index contributed by atoms with van der Waals surface area (Å²) >= 11 is 0. The molecule has 2 aromatic rings. The topological polar surface area (TPSA) is 155 Å². The van der Waals surface area contributed by atoms with Crippen LogP contribution in [0.5, 0.6) is 0 Å². The fourth-order valence-corrected chi connectivity index (χ4v) is 4.23. The monoisotopic (exact) mass is 538 g/mol. The third-order valence-corrected chi connectivity index (χ3v) is 6.13. The molecule has 1 unspecified atom stereocenters. The first-order valence-corrected chi connectivity index (χ1v) is 12.4. The highest BCUT2D eigenvalue weighted by atomic mass is 16.6. The molecule has 1 amide bonds. The smallest absolute Gasteiger partial charge is 0.336 e. The van der Waals surface area contributed by atoms with Crippen LogP contribution in [0.1, 0.15) is 35.7 Å². The number of likely N-dealkylation sites (N-methyl/N-ethyl adjacent to an activating group) is 1. The number of esters is 2. The number of hydrogen-bond acceptors (Lipinski definition) is 9. The van der Waals surface area contributed by atoms with Crippen LogP contribution in [0.4, 0.5) is 5.69 Å². The molecular weight excluding hydrogens is 506 g/mol. The number of aromatic nitrogens is 1. The second-order valence-corrected chi connectivity index (χ2v) is 9.32. The van der Waals surface area contributed by atoms with E-state index in [2.05, 4.69) is 15.3 Å². The van der Waals surface area contributed by atoms with Crippen LogP contribution in [0.3, 0.4) is 0 Å². The number of nitrogens with zero attached hydrogens (tertiary/aromatic N) is 3. The Balaban J connectivity index is 1.84. The highest BCUT2D eigenvalue weighted by molar-refractivity contribution is 6.07. The lowest BCUT2D eigenvalue weighted by Crippen LogP contribution is -3.06. The second-order valence-electron chi connectivity index (χ2n) is 9.32. The van der Waals surface area contributed by atoms with Gasteiger partial charge in [0.1, 0.15) is 25.7 Å². The van der Waals surface area contributed by atoms with Crippen LogP contribution < -0.4 is 10.2 Å². The molecule has 0 saturated carbocycles. The summed E-state index contributed by atoms with van der Waals surface area (Å²) in [5.41, 5.74) is 1.46. The van der Waals surface area contributed by atoms with Crippen molar-refractivity contribution >= 4 is 29.2 Å². The predicted octanol–water partition coefficient (Wildman–Crippen LogP) is 1.10. The first-order valence-electron chi connectivity index (χ1n) is 12.4. The van der Waals surface area contributed by atoms with E-state index in [1.54, 1.807) is 38.2 Å². The number of pyridine rings is 1. The SMILES string of the molecule is CC1=NC(C)=C(C(=O)OCC[NH+](C)C)[C@@H](c2cccc([N+](=O)[O-])c2)C1C(=O)OCCNC(=O)c1cccnc1. The van der Waals surface area contributed by atoms with Gasteiger partial charge in [-0.3, -0.25) is 29.7 Å². The molecule has 0 fully saturated rings. The molecule has 0 bridgehead atoms. The molecule has 0 saturated heterocycles. The summed E-state index contributed by atoms with van der Waals surface area (Å²) in [6, 6.07) is 9.03. The van der Waals surface area contributed by atoms with Crippen LogP contribution in [0, 0.1) is 16.0 Å². The molecule has 1 aliphatic rings. The molecule has 0 radical (unpaired) electrons. The number of carbonyl (C=O) groups is 3. The van der Waals surface area contributed by atoms with Gasteiger partial charge in [0, 0.05) is 41.9 Å². The third-order valence-electron chi connectivity index (χ3n) is 6.13. The summed E-state index contributed by atoms with van der Waals surface area (Å²) in [7, 11) is 3.84. The number of rotatable bonds is 11. The van der Waals surface area contributed by atoms with E-state index in [1.165, 1.54) is 24.4 Å². The molecule has 2 heterocycles. The van der Waals surface area contributed by atoms with Crippen LogP contribution in [0.2, 0.25) is 0 Å². The van der Waals surface area contributed by atoms with E-state index in [0.29, 0.717) is 29.1 Å². The average Bonchev–Trinajstić information content (AvgIpc) is 2.90. The van der Waals surface area contributed by atoms with Crippen molar-refractivity contribution in [2.45, 2.75) is 19.8 Å². The first kappa shape index (κ1) is 29.1. The van der Waals surface area contributed by atoms with Gasteiger partial charge in [0.2, 0.25) is 0 Å². The van der Waals surface area contributed by atoms with Gasteiger partial charge in [-0.25, -0.2) is 4.79 Å². The molecular formula is C27H32N5O7+. The number of nitrogens with one attached hydrogen (secondary N) is 2. The summed E-state index contributed by atoms with van der Waals surface area (Å²) in [6.07, 6.45) is 2.97. The number of amides is 1. The number of allylic oxidation sites excluding steroid dienone is 1. The van der Waals surface area contributed by atoms with Gasteiger partial charge in [-0.15, -0.1) is 0 Å². The van der Waals surface area contributed by atoms with E-state index in [9.17, 15) is 24.5 Å². The van der Waals surface area contributed by atoms with Crippen molar-refractivity contribution in [2.75, 3.05) is 40.4 Å². The molecule has 1 aliphatic heterocycles. The molecule has 12 heteroatoms. The average molecular weight is 539 g/mol. The van der Waals surface area contributed by atoms with E-state index in [-0.39, 0.29) is 36.9 Å². The van der Waals surface area contributed by atoms with Gasteiger partial charge in [0.25, 0.3) is 11.6 Å². The fraction of sp³-hybridized carbons (Fsp3) is 0.370. The highest BCUT2D eigenvalue weighted by Crippen LogP contribution is 2.41. The molecule has 39 heavy (non-hydrogen) atoms. The number of aliphatic imine (C=N–C) groups is 1. The number of non-ortho nitro benzene ring substituents is 1. The number of hydrogen-bond donors (Lipinski definition) is 2. The van der Waals surface area contributed by atoms with Crippen molar-refractivity contribution in [1.29, 1.82) is 0 Å². The number of benzene rings is 1. The Kier molecular flexibility index (Phi) is 9.98. The van der Waals surface area contributed by atoms with Crippen LogP contribution in [-0.4, -0.2) is 73.9 Å². The summed E-state index contributed by atoms with van der Waals surface area (Å²) in [4.78, 5) is 59.2. The zero-order chi connectivity index (χ0) is 28.5. The number of carbonyl (C=O) groups excluding carboxylic acids is 3. The lowest BCUT2D eigenvalue weighted by Gasteiger charge is -2.31. The van der Waals surface area contributed by atoms with Gasteiger partial charge in [-0.1, -0.05) is 12.1 Å². The Morgan fingerprint density at radius 2 is 1.87 bits per heavy atom. The maximum Gasteiger partial charge on any atom is 0.336 e. The fourth-order valence-electron chi connectivity index (χ4n) is 4.23. The quantitative estimate of drug-likeness (QED) is 0.187. The molecule has 2 atom stereocenters. The van der Waals surface area contributed by atoms with Crippen LogP contribution in [0.15, 0.2) is 65.1 Å². The van der Waals surface area contributed by atoms with Gasteiger partial charge in [0.05, 0.1) is 36.7 Å². The van der Waals surface area contributed by atoms with E-state index in [4.69, 9.17) is 9.47 Å². The highest BCUT2D eigenvalue weighted by Gasteiger charge is 2.43. The number of quaternary nitrogens is 1. The molecule has 3 rings (SSSR count). The minimum Gasteiger partial charge on any atom is -0.463 e. The van der Waals surface area contributed by atoms with Gasteiger partial charge < -0.3 is 19.7 Å².